The van der Waals surface area contributed by atoms with Gasteiger partial charge < -0.3 is 4.84 Å². The molecule has 0 amide bonds. The van der Waals surface area contributed by atoms with E-state index < -0.39 is 0 Å². The number of halogens is 2. The molecule has 0 bridgehead atoms. The maximum Gasteiger partial charge on any atom is 0.135 e. The van der Waals surface area contributed by atoms with E-state index in [4.69, 9.17) is 4.84 Å². The average molecular weight is 261 g/mol. The second-order valence-corrected chi connectivity index (χ2v) is 4.53. The fourth-order valence-corrected chi connectivity index (χ4v) is 2.31. The van der Waals surface area contributed by atoms with Crippen LogP contribution in [0.4, 0.5) is 8.78 Å². The number of nitrogens with one attached hydrogen (secondary N) is 1. The first-order chi connectivity index (χ1) is 9.25. The van der Waals surface area contributed by atoms with Gasteiger partial charge in [-0.25, -0.2) is 8.78 Å². The minimum atomic E-state index is -0.371. The standard InChI is InChI=1S/C15H13F2NO/c16-11-4-1-3-10(9-11)12-5-2-6-13(15(12)17)14-7-8-19-18-14/h1-6,9,14,18H,7-8H2. The van der Waals surface area contributed by atoms with Gasteiger partial charge in [0, 0.05) is 11.1 Å². The van der Waals surface area contributed by atoms with Crippen molar-refractivity contribution in [3.63, 3.8) is 0 Å². The summed E-state index contributed by atoms with van der Waals surface area (Å²) in [5.41, 5.74) is 4.29. The zero-order chi connectivity index (χ0) is 13.2. The summed E-state index contributed by atoms with van der Waals surface area (Å²) in [6.45, 7) is 0.564. The SMILES string of the molecule is Fc1cccc(-c2cccc(C3CCON3)c2F)c1. The van der Waals surface area contributed by atoms with E-state index in [9.17, 15) is 8.78 Å². The van der Waals surface area contributed by atoms with Crippen LogP contribution in [0.2, 0.25) is 0 Å². The van der Waals surface area contributed by atoms with Gasteiger partial charge in [-0.2, -0.15) is 5.48 Å². The fraction of sp³-hybridized carbons (Fsp3) is 0.200. The lowest BCUT2D eigenvalue weighted by molar-refractivity contribution is 0.0877. The van der Waals surface area contributed by atoms with Crippen molar-refractivity contribution in [2.75, 3.05) is 6.61 Å². The maximum atomic E-state index is 14.5. The highest BCUT2D eigenvalue weighted by atomic mass is 19.1. The Kier molecular flexibility index (Phi) is 3.27. The molecule has 4 heteroatoms. The van der Waals surface area contributed by atoms with E-state index in [1.54, 1.807) is 30.3 Å². The third kappa shape index (κ3) is 2.37. The summed E-state index contributed by atoms with van der Waals surface area (Å²) in [6.07, 6.45) is 0.726. The topological polar surface area (TPSA) is 21.3 Å². The Morgan fingerprint density at radius 1 is 1.11 bits per heavy atom. The molecule has 98 valence electrons. The Hall–Kier alpha value is -1.78. The molecule has 1 N–H and O–H groups in total. The van der Waals surface area contributed by atoms with Crippen LogP contribution in [-0.4, -0.2) is 6.61 Å². The molecule has 1 atom stereocenters. The first-order valence-corrected chi connectivity index (χ1v) is 6.17. The van der Waals surface area contributed by atoms with Gasteiger partial charge in [0.2, 0.25) is 0 Å². The second-order valence-electron chi connectivity index (χ2n) is 4.53. The summed E-state index contributed by atoms with van der Waals surface area (Å²) >= 11 is 0. The molecule has 1 saturated heterocycles. The van der Waals surface area contributed by atoms with Crippen LogP contribution in [0.25, 0.3) is 11.1 Å². The normalized spacial score (nSPS) is 18.7. The molecule has 1 fully saturated rings. The summed E-state index contributed by atoms with van der Waals surface area (Å²) < 4.78 is 27.8. The summed E-state index contributed by atoms with van der Waals surface area (Å²) in [5, 5.41) is 0. The third-order valence-electron chi connectivity index (χ3n) is 3.27. The van der Waals surface area contributed by atoms with Crippen molar-refractivity contribution in [3.05, 3.63) is 59.7 Å². The Labute approximate surface area is 110 Å². The first-order valence-electron chi connectivity index (χ1n) is 6.17. The van der Waals surface area contributed by atoms with Crippen molar-refractivity contribution in [1.29, 1.82) is 0 Å². The molecular formula is C15H13F2NO. The lowest BCUT2D eigenvalue weighted by Gasteiger charge is -2.13. The molecule has 2 nitrogen and oxygen atoms in total. The molecule has 2 aromatic rings. The van der Waals surface area contributed by atoms with E-state index in [2.05, 4.69) is 5.48 Å². The molecule has 1 aliphatic rings. The zero-order valence-electron chi connectivity index (χ0n) is 10.2. The van der Waals surface area contributed by atoms with E-state index in [-0.39, 0.29) is 17.7 Å². The molecule has 1 aliphatic heterocycles. The van der Waals surface area contributed by atoms with Gasteiger partial charge in [-0.3, -0.25) is 0 Å². The van der Waals surface area contributed by atoms with Gasteiger partial charge >= 0.3 is 0 Å². The molecular weight excluding hydrogens is 248 g/mol. The predicted octanol–water partition coefficient (Wildman–Crippen LogP) is 3.60. The summed E-state index contributed by atoms with van der Waals surface area (Å²) in [7, 11) is 0. The first kappa shape index (κ1) is 12.3. The smallest absolute Gasteiger partial charge is 0.135 e. The van der Waals surface area contributed by atoms with Crippen LogP contribution < -0.4 is 5.48 Å². The quantitative estimate of drug-likeness (QED) is 0.891. The van der Waals surface area contributed by atoms with Crippen molar-refractivity contribution in [2.45, 2.75) is 12.5 Å². The van der Waals surface area contributed by atoms with E-state index in [0.717, 1.165) is 6.42 Å². The van der Waals surface area contributed by atoms with Crippen LogP contribution in [0.15, 0.2) is 42.5 Å². The van der Waals surface area contributed by atoms with Crippen LogP contribution in [0.3, 0.4) is 0 Å². The van der Waals surface area contributed by atoms with Gasteiger partial charge in [0.25, 0.3) is 0 Å². The maximum absolute atomic E-state index is 14.5. The van der Waals surface area contributed by atoms with Gasteiger partial charge in [-0.1, -0.05) is 30.3 Å². The Bertz CT molecular complexity index is 594. The van der Waals surface area contributed by atoms with E-state index in [1.165, 1.54) is 12.1 Å². The summed E-state index contributed by atoms with van der Waals surface area (Å²) in [4.78, 5) is 5.05. The van der Waals surface area contributed by atoms with Crippen LogP contribution in [-0.2, 0) is 4.84 Å². The predicted molar refractivity (Wildman–Crippen MR) is 68.2 cm³/mol. The lowest BCUT2D eigenvalue weighted by Crippen LogP contribution is -2.13. The largest absolute Gasteiger partial charge is 0.301 e. The van der Waals surface area contributed by atoms with Crippen LogP contribution in [0.1, 0.15) is 18.0 Å². The molecule has 0 radical (unpaired) electrons. The van der Waals surface area contributed by atoms with Gasteiger partial charge in [0.1, 0.15) is 11.6 Å². The van der Waals surface area contributed by atoms with E-state index >= 15 is 0 Å². The number of benzene rings is 2. The second kappa shape index (κ2) is 5.07. The molecule has 0 aromatic heterocycles. The molecule has 2 aromatic carbocycles. The molecule has 1 unspecified atom stereocenters. The third-order valence-corrected chi connectivity index (χ3v) is 3.27. The monoisotopic (exact) mass is 261 g/mol. The summed E-state index contributed by atoms with van der Waals surface area (Å²) in [6, 6.07) is 11.0. The number of hydrogen-bond acceptors (Lipinski definition) is 2. The van der Waals surface area contributed by atoms with Gasteiger partial charge in [0.15, 0.2) is 0 Å². The molecule has 3 rings (SSSR count). The van der Waals surface area contributed by atoms with Crippen LogP contribution >= 0.6 is 0 Å². The Morgan fingerprint density at radius 3 is 2.68 bits per heavy atom. The minimum absolute atomic E-state index is 0.145. The van der Waals surface area contributed by atoms with Crippen LogP contribution in [0, 0.1) is 11.6 Å². The average Bonchev–Trinajstić information content (AvgIpc) is 2.93. The zero-order valence-corrected chi connectivity index (χ0v) is 10.2. The molecule has 0 aliphatic carbocycles. The van der Waals surface area contributed by atoms with Crippen molar-refractivity contribution >= 4 is 0 Å². The number of rotatable bonds is 2. The highest BCUT2D eigenvalue weighted by Gasteiger charge is 2.22. The molecule has 1 heterocycles. The minimum Gasteiger partial charge on any atom is -0.301 e. The molecule has 0 saturated carbocycles. The molecule has 19 heavy (non-hydrogen) atoms. The van der Waals surface area contributed by atoms with Gasteiger partial charge in [0.05, 0.1) is 12.6 Å². The number of hydrogen-bond donors (Lipinski definition) is 1. The van der Waals surface area contributed by atoms with E-state index in [1.807, 2.05) is 0 Å². The molecule has 0 spiro atoms. The van der Waals surface area contributed by atoms with Gasteiger partial charge in [-0.05, 0) is 24.1 Å². The number of hydroxylamine groups is 1. The van der Waals surface area contributed by atoms with Crippen molar-refractivity contribution in [1.82, 2.24) is 5.48 Å². The summed E-state index contributed by atoms with van der Waals surface area (Å²) in [5.74, 6) is -0.694. The van der Waals surface area contributed by atoms with Crippen LogP contribution in [0.5, 0.6) is 0 Å². The van der Waals surface area contributed by atoms with Gasteiger partial charge in [-0.15, -0.1) is 0 Å². The highest BCUT2D eigenvalue weighted by molar-refractivity contribution is 5.65. The fourth-order valence-electron chi connectivity index (χ4n) is 2.31. The Morgan fingerprint density at radius 2 is 1.95 bits per heavy atom. The lowest BCUT2D eigenvalue weighted by atomic mass is 9.97. The Balaban J connectivity index is 2.05. The highest BCUT2D eigenvalue weighted by Crippen LogP contribution is 2.30. The van der Waals surface area contributed by atoms with Crippen molar-refractivity contribution in [3.8, 4) is 11.1 Å². The van der Waals surface area contributed by atoms with Crippen molar-refractivity contribution in [2.24, 2.45) is 0 Å². The van der Waals surface area contributed by atoms with Crippen molar-refractivity contribution < 1.29 is 13.6 Å². The van der Waals surface area contributed by atoms with E-state index in [0.29, 0.717) is 23.3 Å².